The molecule has 0 radical (unpaired) electrons. The maximum atomic E-state index is 11.2. The van der Waals surface area contributed by atoms with Crippen LogP contribution >= 0.6 is 0 Å². The van der Waals surface area contributed by atoms with Crippen molar-refractivity contribution in [3.63, 3.8) is 0 Å². The van der Waals surface area contributed by atoms with Gasteiger partial charge in [0.2, 0.25) is 5.75 Å². The molecule has 0 spiro atoms. The summed E-state index contributed by atoms with van der Waals surface area (Å²) >= 11 is 0. The van der Waals surface area contributed by atoms with Crippen molar-refractivity contribution < 1.29 is 14.7 Å². The Kier molecular flexibility index (Phi) is 5.35. The van der Waals surface area contributed by atoms with Crippen LogP contribution in [0.1, 0.15) is 19.4 Å². The van der Waals surface area contributed by atoms with E-state index in [1.165, 1.54) is 6.07 Å². The lowest BCUT2D eigenvalue weighted by Gasteiger charge is -2.10. The number of oxime groups is 1. The van der Waals surface area contributed by atoms with Gasteiger partial charge in [-0.05, 0) is 31.0 Å². The topological polar surface area (TPSA) is 124 Å². The lowest BCUT2D eigenvalue weighted by molar-refractivity contribution is -0.394. The van der Waals surface area contributed by atoms with Crippen molar-refractivity contribution in [1.82, 2.24) is 4.98 Å². The molecular formula is C19H18N4O5. The summed E-state index contributed by atoms with van der Waals surface area (Å²) in [5.74, 6) is -0.120. The molecule has 0 saturated heterocycles. The van der Waals surface area contributed by atoms with Crippen LogP contribution in [0.25, 0.3) is 10.9 Å². The van der Waals surface area contributed by atoms with Gasteiger partial charge < -0.3 is 9.82 Å². The fourth-order valence-corrected chi connectivity index (χ4v) is 2.83. The second kappa shape index (κ2) is 7.87. The minimum absolute atomic E-state index is 0.0244. The molecular weight excluding hydrogens is 364 g/mol. The standard InChI is InChI=1S/C19H18N4O5/c1-12(9-14-11-20-17-6-4-3-5-16(14)17)13(2)21-28-19-8-7-15(22(24)25)10-18(19)23(26)27/h3-8,10-12,20H,9H2,1-2H3/b21-13+. The molecule has 3 aromatic rings. The third-order valence-corrected chi connectivity index (χ3v) is 4.55. The first-order chi connectivity index (χ1) is 13.4. The van der Waals surface area contributed by atoms with Gasteiger partial charge in [0.05, 0.1) is 21.6 Å². The highest BCUT2D eigenvalue weighted by Crippen LogP contribution is 2.31. The Morgan fingerprint density at radius 1 is 1.18 bits per heavy atom. The number of nitro benzene ring substituents is 2. The van der Waals surface area contributed by atoms with Crippen LogP contribution in [0, 0.1) is 26.1 Å². The van der Waals surface area contributed by atoms with Crippen LogP contribution in [0.15, 0.2) is 53.8 Å². The molecule has 1 aromatic heterocycles. The van der Waals surface area contributed by atoms with Crippen molar-refractivity contribution in [2.75, 3.05) is 0 Å². The lowest BCUT2D eigenvalue weighted by Crippen LogP contribution is -2.11. The van der Waals surface area contributed by atoms with E-state index in [0.717, 1.165) is 28.6 Å². The zero-order chi connectivity index (χ0) is 20.3. The van der Waals surface area contributed by atoms with Crippen molar-refractivity contribution in [3.8, 4) is 5.75 Å². The molecule has 9 heteroatoms. The number of hydrogen-bond acceptors (Lipinski definition) is 6. The van der Waals surface area contributed by atoms with E-state index in [1.807, 2.05) is 37.4 Å². The molecule has 0 aliphatic carbocycles. The predicted octanol–water partition coefficient (Wildman–Crippen LogP) is 4.62. The van der Waals surface area contributed by atoms with Gasteiger partial charge in [0.25, 0.3) is 5.69 Å². The molecule has 1 heterocycles. The average Bonchev–Trinajstić information content (AvgIpc) is 3.08. The highest BCUT2D eigenvalue weighted by atomic mass is 16.7. The summed E-state index contributed by atoms with van der Waals surface area (Å²) < 4.78 is 0. The summed E-state index contributed by atoms with van der Waals surface area (Å²) in [4.78, 5) is 29.0. The molecule has 0 fully saturated rings. The maximum Gasteiger partial charge on any atom is 0.321 e. The van der Waals surface area contributed by atoms with E-state index in [4.69, 9.17) is 4.84 Å². The van der Waals surface area contributed by atoms with E-state index < -0.39 is 15.5 Å². The molecule has 28 heavy (non-hydrogen) atoms. The number of fused-ring (bicyclic) bond motifs is 1. The number of nitro groups is 2. The summed E-state index contributed by atoms with van der Waals surface area (Å²) in [7, 11) is 0. The Bertz CT molecular complexity index is 1070. The van der Waals surface area contributed by atoms with Crippen molar-refractivity contribution in [3.05, 3.63) is 74.5 Å². The Morgan fingerprint density at radius 2 is 1.93 bits per heavy atom. The van der Waals surface area contributed by atoms with Gasteiger partial charge in [-0.25, -0.2) is 0 Å². The Labute approximate surface area is 159 Å². The Balaban J connectivity index is 1.76. The molecule has 0 amide bonds. The summed E-state index contributed by atoms with van der Waals surface area (Å²) in [6, 6.07) is 11.2. The van der Waals surface area contributed by atoms with E-state index in [1.54, 1.807) is 6.92 Å². The quantitative estimate of drug-likeness (QED) is 0.363. The first kappa shape index (κ1) is 19.0. The Hall–Kier alpha value is -3.75. The van der Waals surface area contributed by atoms with Crippen LogP contribution in [-0.2, 0) is 6.42 Å². The van der Waals surface area contributed by atoms with Crippen LogP contribution in [0.5, 0.6) is 5.75 Å². The fraction of sp³-hybridized carbons (Fsp3) is 0.211. The average molecular weight is 382 g/mol. The molecule has 1 N–H and O–H groups in total. The van der Waals surface area contributed by atoms with Crippen molar-refractivity contribution in [1.29, 1.82) is 0 Å². The zero-order valence-corrected chi connectivity index (χ0v) is 15.3. The van der Waals surface area contributed by atoms with Gasteiger partial charge in [-0.2, -0.15) is 0 Å². The van der Waals surface area contributed by atoms with Crippen molar-refractivity contribution in [2.45, 2.75) is 20.3 Å². The van der Waals surface area contributed by atoms with Gasteiger partial charge in [0, 0.05) is 29.1 Å². The normalized spacial score (nSPS) is 12.7. The van der Waals surface area contributed by atoms with Gasteiger partial charge in [0.1, 0.15) is 0 Å². The van der Waals surface area contributed by atoms with Crippen LogP contribution in [0.3, 0.4) is 0 Å². The van der Waals surface area contributed by atoms with E-state index in [2.05, 4.69) is 10.1 Å². The van der Waals surface area contributed by atoms with Crippen LogP contribution in [-0.4, -0.2) is 20.5 Å². The van der Waals surface area contributed by atoms with E-state index in [9.17, 15) is 20.2 Å². The van der Waals surface area contributed by atoms with Crippen molar-refractivity contribution >= 4 is 28.0 Å². The number of aromatic nitrogens is 1. The summed E-state index contributed by atoms with van der Waals surface area (Å²) in [5.41, 5.74) is 1.96. The van der Waals surface area contributed by atoms with E-state index in [0.29, 0.717) is 12.1 Å². The minimum Gasteiger partial charge on any atom is -0.361 e. The molecule has 0 aliphatic rings. The number of non-ortho nitro benzene ring substituents is 1. The number of nitrogens with one attached hydrogen (secondary N) is 1. The largest absolute Gasteiger partial charge is 0.361 e. The second-order valence-electron chi connectivity index (χ2n) is 6.45. The molecule has 2 aromatic carbocycles. The highest BCUT2D eigenvalue weighted by Gasteiger charge is 2.21. The number of benzene rings is 2. The molecule has 0 aliphatic heterocycles. The van der Waals surface area contributed by atoms with Gasteiger partial charge in [-0.3, -0.25) is 20.2 Å². The third-order valence-electron chi connectivity index (χ3n) is 4.55. The maximum absolute atomic E-state index is 11.2. The number of aromatic amines is 1. The molecule has 0 bridgehead atoms. The molecule has 3 rings (SSSR count). The van der Waals surface area contributed by atoms with Gasteiger partial charge in [-0.15, -0.1) is 0 Å². The first-order valence-electron chi connectivity index (χ1n) is 8.56. The van der Waals surface area contributed by atoms with E-state index >= 15 is 0 Å². The SMILES string of the molecule is C/C(=N\Oc1ccc([N+](=O)[O-])cc1[N+](=O)[O-])C(C)Cc1c[nH]c2ccccc12. The zero-order valence-electron chi connectivity index (χ0n) is 15.3. The third kappa shape index (κ3) is 3.98. The van der Waals surface area contributed by atoms with Crippen LogP contribution in [0.2, 0.25) is 0 Å². The minimum atomic E-state index is -0.734. The summed E-state index contributed by atoms with van der Waals surface area (Å²) in [5, 5.41) is 27.1. The fourth-order valence-electron chi connectivity index (χ4n) is 2.83. The molecule has 144 valence electrons. The molecule has 0 saturated carbocycles. The van der Waals surface area contributed by atoms with Crippen LogP contribution in [0.4, 0.5) is 11.4 Å². The van der Waals surface area contributed by atoms with Gasteiger partial charge in [0.15, 0.2) is 0 Å². The number of para-hydroxylation sites is 1. The van der Waals surface area contributed by atoms with Gasteiger partial charge in [-0.1, -0.05) is 30.3 Å². The first-order valence-corrected chi connectivity index (χ1v) is 8.56. The smallest absolute Gasteiger partial charge is 0.321 e. The summed E-state index contributed by atoms with van der Waals surface area (Å²) in [6.45, 7) is 3.75. The van der Waals surface area contributed by atoms with E-state index in [-0.39, 0.29) is 17.4 Å². The summed E-state index contributed by atoms with van der Waals surface area (Å²) in [6.07, 6.45) is 2.67. The lowest BCUT2D eigenvalue weighted by atomic mass is 9.97. The highest BCUT2D eigenvalue weighted by molar-refractivity contribution is 5.86. The van der Waals surface area contributed by atoms with Crippen molar-refractivity contribution in [2.24, 2.45) is 11.1 Å². The number of hydrogen-bond donors (Lipinski definition) is 1. The van der Waals surface area contributed by atoms with Crippen LogP contribution < -0.4 is 4.84 Å². The number of rotatable bonds is 7. The Morgan fingerprint density at radius 3 is 2.64 bits per heavy atom. The molecule has 1 atom stereocenters. The number of H-pyrrole nitrogens is 1. The number of nitrogens with zero attached hydrogens (tertiary/aromatic N) is 3. The molecule has 9 nitrogen and oxygen atoms in total. The monoisotopic (exact) mass is 382 g/mol. The second-order valence-corrected chi connectivity index (χ2v) is 6.45. The van der Waals surface area contributed by atoms with Gasteiger partial charge >= 0.3 is 5.69 Å². The molecule has 1 unspecified atom stereocenters. The predicted molar refractivity (Wildman–Crippen MR) is 105 cm³/mol.